The molecule has 0 unspecified atom stereocenters. The molecule has 0 saturated carbocycles. The molecular formula is C18H18ClN5OS. The highest BCUT2D eigenvalue weighted by atomic mass is 35.5. The van der Waals surface area contributed by atoms with Crippen LogP contribution >= 0.6 is 22.9 Å². The van der Waals surface area contributed by atoms with Gasteiger partial charge in [-0.2, -0.15) is 0 Å². The van der Waals surface area contributed by atoms with Crippen molar-refractivity contribution in [2.45, 2.75) is 26.3 Å². The number of benzene rings is 1. The third-order valence-corrected chi connectivity index (χ3v) is 4.83. The van der Waals surface area contributed by atoms with E-state index in [1.807, 2.05) is 50.2 Å². The van der Waals surface area contributed by atoms with E-state index in [1.54, 1.807) is 6.20 Å². The number of carbonyl (C=O) groups excluding carboxylic acids is 1. The molecule has 2 N–H and O–H groups in total. The van der Waals surface area contributed by atoms with Gasteiger partial charge in [-0.05, 0) is 43.2 Å². The number of aromatic nitrogens is 3. The number of pyridine rings is 1. The molecule has 0 aliphatic rings. The average Bonchev–Trinajstić information content (AvgIpc) is 3.04. The fourth-order valence-corrected chi connectivity index (χ4v) is 3.20. The number of halogens is 1. The minimum absolute atomic E-state index is 0.162. The van der Waals surface area contributed by atoms with Gasteiger partial charge in [0, 0.05) is 23.3 Å². The third kappa shape index (κ3) is 5.00. The third-order valence-electron chi connectivity index (χ3n) is 3.74. The van der Waals surface area contributed by atoms with Gasteiger partial charge in [0.1, 0.15) is 5.01 Å². The number of rotatable bonds is 5. The molecule has 134 valence electrons. The number of anilines is 1. The van der Waals surface area contributed by atoms with Crippen molar-refractivity contribution in [3.8, 4) is 0 Å². The van der Waals surface area contributed by atoms with E-state index in [2.05, 4.69) is 25.8 Å². The maximum atomic E-state index is 12.1. The number of hydrogen-bond donors (Lipinski definition) is 2. The summed E-state index contributed by atoms with van der Waals surface area (Å²) in [5.41, 5.74) is 2.96. The van der Waals surface area contributed by atoms with Crippen LogP contribution in [0.1, 0.15) is 34.8 Å². The van der Waals surface area contributed by atoms with E-state index in [-0.39, 0.29) is 12.1 Å². The van der Waals surface area contributed by atoms with Crippen LogP contribution in [0.4, 0.5) is 9.93 Å². The molecular weight excluding hydrogens is 370 g/mol. The first-order valence-corrected chi connectivity index (χ1v) is 9.26. The molecule has 2 amide bonds. The summed E-state index contributed by atoms with van der Waals surface area (Å²) in [7, 11) is 0. The zero-order chi connectivity index (χ0) is 18.5. The Kier molecular flexibility index (Phi) is 5.80. The summed E-state index contributed by atoms with van der Waals surface area (Å²) in [4.78, 5) is 16.4. The van der Waals surface area contributed by atoms with Crippen molar-refractivity contribution in [3.05, 3.63) is 69.4 Å². The lowest BCUT2D eigenvalue weighted by atomic mass is 10.1. The molecule has 0 saturated heterocycles. The summed E-state index contributed by atoms with van der Waals surface area (Å²) in [6, 6.07) is 10.9. The summed E-state index contributed by atoms with van der Waals surface area (Å²) >= 11 is 7.23. The average molecular weight is 388 g/mol. The Labute approximate surface area is 160 Å². The first kappa shape index (κ1) is 18.3. The molecule has 0 spiro atoms. The molecule has 0 aliphatic carbocycles. The second-order valence-electron chi connectivity index (χ2n) is 5.86. The summed E-state index contributed by atoms with van der Waals surface area (Å²) in [6.45, 7) is 3.82. The van der Waals surface area contributed by atoms with Crippen molar-refractivity contribution in [1.82, 2.24) is 20.5 Å². The minimum atomic E-state index is -0.327. The van der Waals surface area contributed by atoms with Gasteiger partial charge in [0.15, 0.2) is 0 Å². The fraction of sp³-hybridized carbons (Fsp3) is 0.222. The number of hydrogen-bond acceptors (Lipinski definition) is 5. The van der Waals surface area contributed by atoms with E-state index < -0.39 is 0 Å². The molecule has 26 heavy (non-hydrogen) atoms. The number of carbonyl (C=O) groups is 1. The normalized spacial score (nSPS) is 11.8. The van der Waals surface area contributed by atoms with Crippen molar-refractivity contribution in [1.29, 1.82) is 0 Å². The van der Waals surface area contributed by atoms with Gasteiger partial charge in [0.2, 0.25) is 5.13 Å². The molecule has 1 aromatic carbocycles. The summed E-state index contributed by atoms with van der Waals surface area (Å²) in [6.07, 6.45) is 2.40. The maximum Gasteiger partial charge on any atom is 0.321 e. The predicted octanol–water partition coefficient (Wildman–Crippen LogP) is 4.37. The molecule has 0 radical (unpaired) electrons. The van der Waals surface area contributed by atoms with Gasteiger partial charge < -0.3 is 5.32 Å². The van der Waals surface area contributed by atoms with Gasteiger partial charge in [-0.15, -0.1) is 10.2 Å². The van der Waals surface area contributed by atoms with Crippen LogP contribution in [0.15, 0.2) is 42.6 Å². The lowest BCUT2D eigenvalue weighted by Crippen LogP contribution is -2.31. The van der Waals surface area contributed by atoms with Gasteiger partial charge in [0.25, 0.3) is 0 Å². The quantitative estimate of drug-likeness (QED) is 0.681. The van der Waals surface area contributed by atoms with Gasteiger partial charge in [-0.3, -0.25) is 10.3 Å². The number of nitrogens with one attached hydrogen (secondary N) is 2. The smallest absolute Gasteiger partial charge is 0.321 e. The molecule has 0 aliphatic heterocycles. The standard InChI is InChI=1S/C18H18ClN5OS/c1-11-3-6-14(10-20-11)12(2)21-17(25)22-18-24-23-16(26-18)9-13-4-7-15(19)8-5-13/h3-8,10,12H,9H2,1-2H3,(H2,21,22,24,25)/t12-/m0/s1. The lowest BCUT2D eigenvalue weighted by Gasteiger charge is -2.13. The number of aryl methyl sites for hydroxylation is 1. The Bertz CT molecular complexity index is 879. The summed E-state index contributed by atoms with van der Waals surface area (Å²) < 4.78 is 0. The molecule has 3 rings (SSSR count). The van der Waals surface area contributed by atoms with Gasteiger partial charge in [-0.25, -0.2) is 4.79 Å². The highest BCUT2D eigenvalue weighted by Gasteiger charge is 2.12. The van der Waals surface area contributed by atoms with Crippen molar-refractivity contribution in [2.24, 2.45) is 0 Å². The zero-order valence-corrected chi connectivity index (χ0v) is 15.9. The van der Waals surface area contributed by atoms with Gasteiger partial charge in [-0.1, -0.05) is 41.1 Å². The van der Waals surface area contributed by atoms with Crippen LogP contribution in [0.25, 0.3) is 0 Å². The molecule has 0 fully saturated rings. The van der Waals surface area contributed by atoms with Crippen molar-refractivity contribution in [3.63, 3.8) is 0 Å². The molecule has 2 heterocycles. The van der Waals surface area contributed by atoms with Crippen LogP contribution < -0.4 is 10.6 Å². The van der Waals surface area contributed by atoms with Crippen LogP contribution in [0, 0.1) is 6.92 Å². The Morgan fingerprint density at radius 3 is 2.65 bits per heavy atom. The second kappa shape index (κ2) is 8.25. The van der Waals surface area contributed by atoms with E-state index in [0.717, 1.165) is 21.8 Å². The SMILES string of the molecule is Cc1ccc([C@H](C)NC(=O)Nc2nnc(Cc3ccc(Cl)cc3)s2)cn1. The van der Waals surface area contributed by atoms with Crippen LogP contribution in [-0.4, -0.2) is 21.2 Å². The van der Waals surface area contributed by atoms with Gasteiger partial charge >= 0.3 is 6.03 Å². The topological polar surface area (TPSA) is 79.8 Å². The summed E-state index contributed by atoms with van der Waals surface area (Å²) in [5.74, 6) is 0. The Balaban J connectivity index is 1.55. The lowest BCUT2D eigenvalue weighted by molar-refractivity contribution is 0.249. The zero-order valence-electron chi connectivity index (χ0n) is 14.4. The van der Waals surface area contributed by atoms with Crippen LogP contribution in [0.3, 0.4) is 0 Å². The monoisotopic (exact) mass is 387 g/mol. The van der Waals surface area contributed by atoms with E-state index in [4.69, 9.17) is 11.6 Å². The second-order valence-corrected chi connectivity index (χ2v) is 7.36. The first-order chi connectivity index (χ1) is 12.5. The molecule has 6 nitrogen and oxygen atoms in total. The maximum absolute atomic E-state index is 12.1. The number of nitrogens with zero attached hydrogens (tertiary/aromatic N) is 3. The minimum Gasteiger partial charge on any atom is -0.331 e. The van der Waals surface area contributed by atoms with Crippen molar-refractivity contribution in [2.75, 3.05) is 5.32 Å². The number of amides is 2. The van der Waals surface area contributed by atoms with E-state index in [9.17, 15) is 4.79 Å². The molecule has 3 aromatic rings. The molecule has 8 heteroatoms. The molecule has 1 atom stereocenters. The first-order valence-electron chi connectivity index (χ1n) is 8.06. The number of urea groups is 1. The van der Waals surface area contributed by atoms with Crippen LogP contribution in [0.2, 0.25) is 5.02 Å². The highest BCUT2D eigenvalue weighted by molar-refractivity contribution is 7.15. The Hall–Kier alpha value is -2.51. The molecule has 2 aromatic heterocycles. The van der Waals surface area contributed by atoms with E-state index in [0.29, 0.717) is 16.6 Å². The van der Waals surface area contributed by atoms with Crippen LogP contribution in [0.5, 0.6) is 0 Å². The van der Waals surface area contributed by atoms with Crippen molar-refractivity contribution < 1.29 is 4.79 Å². The van der Waals surface area contributed by atoms with Gasteiger partial charge in [0.05, 0.1) is 6.04 Å². The predicted molar refractivity (Wildman–Crippen MR) is 104 cm³/mol. The highest BCUT2D eigenvalue weighted by Crippen LogP contribution is 2.20. The van der Waals surface area contributed by atoms with Crippen molar-refractivity contribution >= 4 is 34.1 Å². The molecule has 0 bridgehead atoms. The largest absolute Gasteiger partial charge is 0.331 e. The van der Waals surface area contributed by atoms with Crippen LogP contribution in [-0.2, 0) is 6.42 Å². The Morgan fingerprint density at radius 2 is 1.96 bits per heavy atom. The van der Waals surface area contributed by atoms with E-state index in [1.165, 1.54) is 11.3 Å². The van der Waals surface area contributed by atoms with E-state index >= 15 is 0 Å². The Morgan fingerprint density at radius 1 is 1.19 bits per heavy atom. The fourth-order valence-electron chi connectivity index (χ4n) is 2.30. The summed E-state index contributed by atoms with van der Waals surface area (Å²) in [5, 5.41) is 15.7.